The maximum absolute atomic E-state index is 2.37. The number of hydrogen-bond donors (Lipinski definition) is 0. The molecule has 0 bridgehead atoms. The summed E-state index contributed by atoms with van der Waals surface area (Å²) >= 11 is 0. The summed E-state index contributed by atoms with van der Waals surface area (Å²) in [5, 5.41) is 0. The molecule has 0 unspecified atom stereocenters. The molecular formula is C10H21N. The third-order valence-electron chi connectivity index (χ3n) is 2.23. The average Bonchev–Trinajstić information content (AvgIpc) is 1.99. The summed E-state index contributed by atoms with van der Waals surface area (Å²) in [4.78, 5) is 2.37. The highest BCUT2D eigenvalue weighted by Gasteiger charge is 2.01. The molecule has 0 spiro atoms. The zero-order valence-electron chi connectivity index (χ0n) is 8.52. The molecule has 0 radical (unpaired) electrons. The lowest BCUT2D eigenvalue weighted by atomic mass is 10.2. The summed E-state index contributed by atoms with van der Waals surface area (Å²) in [6.45, 7) is 9.92. The Morgan fingerprint density at radius 1 is 1.45 bits per heavy atom. The SMILES string of the molecule is C/C=C(\C)CCN(C)C(C)C. The molecule has 0 aromatic rings. The van der Waals surface area contributed by atoms with Crippen molar-refractivity contribution in [3.63, 3.8) is 0 Å². The zero-order valence-corrected chi connectivity index (χ0v) is 8.52. The molecule has 0 fully saturated rings. The Kier molecular flexibility index (Phi) is 5.22. The molecule has 0 saturated carbocycles. The van der Waals surface area contributed by atoms with Gasteiger partial charge in [0.1, 0.15) is 0 Å². The Hall–Kier alpha value is -0.300. The largest absolute Gasteiger partial charge is 0.304 e. The minimum absolute atomic E-state index is 0.666. The van der Waals surface area contributed by atoms with Gasteiger partial charge in [-0.2, -0.15) is 0 Å². The van der Waals surface area contributed by atoms with E-state index in [1.54, 1.807) is 0 Å². The average molecular weight is 155 g/mol. The second kappa shape index (κ2) is 5.36. The van der Waals surface area contributed by atoms with Gasteiger partial charge in [0.15, 0.2) is 0 Å². The van der Waals surface area contributed by atoms with Crippen LogP contribution < -0.4 is 0 Å². The highest BCUT2D eigenvalue weighted by molar-refractivity contribution is 4.95. The van der Waals surface area contributed by atoms with E-state index in [4.69, 9.17) is 0 Å². The van der Waals surface area contributed by atoms with E-state index in [1.807, 2.05) is 0 Å². The number of allylic oxidation sites excluding steroid dienone is 1. The Labute approximate surface area is 71.1 Å². The van der Waals surface area contributed by atoms with Crippen molar-refractivity contribution in [3.8, 4) is 0 Å². The van der Waals surface area contributed by atoms with Crippen molar-refractivity contribution in [3.05, 3.63) is 11.6 Å². The van der Waals surface area contributed by atoms with Crippen LogP contribution in [0.15, 0.2) is 11.6 Å². The molecule has 1 nitrogen and oxygen atoms in total. The third-order valence-corrected chi connectivity index (χ3v) is 2.23. The maximum Gasteiger partial charge on any atom is 0.00356 e. The van der Waals surface area contributed by atoms with E-state index in [-0.39, 0.29) is 0 Å². The van der Waals surface area contributed by atoms with Crippen molar-refractivity contribution in [1.82, 2.24) is 4.90 Å². The van der Waals surface area contributed by atoms with Gasteiger partial charge in [0, 0.05) is 12.6 Å². The number of nitrogens with zero attached hydrogens (tertiary/aromatic N) is 1. The van der Waals surface area contributed by atoms with Crippen LogP contribution in [-0.4, -0.2) is 24.5 Å². The molecule has 0 saturated heterocycles. The molecule has 0 aromatic carbocycles. The van der Waals surface area contributed by atoms with Crippen LogP contribution in [0, 0.1) is 0 Å². The molecular weight excluding hydrogens is 134 g/mol. The van der Waals surface area contributed by atoms with Crippen molar-refractivity contribution in [2.45, 2.75) is 40.2 Å². The van der Waals surface area contributed by atoms with Crippen LogP contribution >= 0.6 is 0 Å². The quantitative estimate of drug-likeness (QED) is 0.564. The summed E-state index contributed by atoms with van der Waals surface area (Å²) in [6.07, 6.45) is 3.39. The fraction of sp³-hybridized carbons (Fsp3) is 0.800. The third kappa shape index (κ3) is 5.02. The lowest BCUT2D eigenvalue weighted by Gasteiger charge is -2.20. The maximum atomic E-state index is 2.37. The summed E-state index contributed by atoms with van der Waals surface area (Å²) in [5.74, 6) is 0. The second-order valence-corrected chi connectivity index (χ2v) is 3.46. The summed E-state index contributed by atoms with van der Waals surface area (Å²) < 4.78 is 0. The molecule has 0 rings (SSSR count). The predicted octanol–water partition coefficient (Wildman–Crippen LogP) is 2.68. The lowest BCUT2D eigenvalue weighted by molar-refractivity contribution is 0.277. The molecule has 11 heavy (non-hydrogen) atoms. The Morgan fingerprint density at radius 3 is 2.36 bits per heavy atom. The Bertz CT molecular complexity index is 125. The second-order valence-electron chi connectivity index (χ2n) is 3.46. The van der Waals surface area contributed by atoms with E-state index < -0.39 is 0 Å². The summed E-state index contributed by atoms with van der Waals surface area (Å²) in [6, 6.07) is 0.666. The molecule has 0 aliphatic carbocycles. The molecule has 0 atom stereocenters. The topological polar surface area (TPSA) is 3.24 Å². The number of rotatable bonds is 4. The van der Waals surface area contributed by atoms with Gasteiger partial charge in [-0.05, 0) is 41.2 Å². The van der Waals surface area contributed by atoms with Crippen LogP contribution in [0.1, 0.15) is 34.1 Å². The van der Waals surface area contributed by atoms with Gasteiger partial charge >= 0.3 is 0 Å². The van der Waals surface area contributed by atoms with Crippen molar-refractivity contribution in [1.29, 1.82) is 0 Å². The van der Waals surface area contributed by atoms with Crippen LogP contribution in [0.2, 0.25) is 0 Å². The fourth-order valence-electron chi connectivity index (χ4n) is 0.755. The molecule has 0 aliphatic heterocycles. The van der Waals surface area contributed by atoms with Crippen molar-refractivity contribution in [2.24, 2.45) is 0 Å². The first-order valence-corrected chi connectivity index (χ1v) is 4.40. The van der Waals surface area contributed by atoms with E-state index in [0.717, 1.165) is 0 Å². The van der Waals surface area contributed by atoms with Gasteiger partial charge in [-0.1, -0.05) is 11.6 Å². The molecule has 1 heteroatoms. The van der Waals surface area contributed by atoms with Crippen LogP contribution in [0.25, 0.3) is 0 Å². The summed E-state index contributed by atoms with van der Waals surface area (Å²) in [5.41, 5.74) is 1.48. The van der Waals surface area contributed by atoms with Gasteiger partial charge in [-0.3, -0.25) is 0 Å². The lowest BCUT2D eigenvalue weighted by Crippen LogP contribution is -2.27. The van der Waals surface area contributed by atoms with Gasteiger partial charge in [0.2, 0.25) is 0 Å². The van der Waals surface area contributed by atoms with Gasteiger partial charge < -0.3 is 4.90 Å². The van der Waals surface area contributed by atoms with Gasteiger partial charge in [0.05, 0.1) is 0 Å². The van der Waals surface area contributed by atoms with E-state index >= 15 is 0 Å². The first-order chi connectivity index (χ1) is 5.07. The van der Waals surface area contributed by atoms with Gasteiger partial charge in [-0.15, -0.1) is 0 Å². The normalized spacial score (nSPS) is 13.2. The standard InChI is InChI=1S/C10H21N/c1-6-10(4)7-8-11(5)9(2)3/h6,9H,7-8H2,1-5H3/b10-6+. The first-order valence-electron chi connectivity index (χ1n) is 4.40. The number of hydrogen-bond acceptors (Lipinski definition) is 1. The molecule has 0 heterocycles. The minimum Gasteiger partial charge on any atom is -0.304 e. The fourth-order valence-corrected chi connectivity index (χ4v) is 0.755. The van der Waals surface area contributed by atoms with Crippen molar-refractivity contribution >= 4 is 0 Å². The zero-order chi connectivity index (χ0) is 8.85. The highest BCUT2D eigenvalue weighted by Crippen LogP contribution is 2.02. The van der Waals surface area contributed by atoms with Crippen molar-refractivity contribution in [2.75, 3.05) is 13.6 Å². The Balaban J connectivity index is 3.54. The van der Waals surface area contributed by atoms with E-state index in [0.29, 0.717) is 6.04 Å². The highest BCUT2D eigenvalue weighted by atomic mass is 15.1. The van der Waals surface area contributed by atoms with Gasteiger partial charge in [-0.25, -0.2) is 0 Å². The Morgan fingerprint density at radius 2 is 2.00 bits per heavy atom. The monoisotopic (exact) mass is 155 g/mol. The molecule has 0 N–H and O–H groups in total. The molecule has 0 aliphatic rings. The van der Waals surface area contributed by atoms with E-state index in [9.17, 15) is 0 Å². The predicted molar refractivity (Wildman–Crippen MR) is 51.8 cm³/mol. The van der Waals surface area contributed by atoms with Gasteiger partial charge in [0.25, 0.3) is 0 Å². The van der Waals surface area contributed by atoms with Crippen LogP contribution in [0.5, 0.6) is 0 Å². The van der Waals surface area contributed by atoms with Crippen LogP contribution in [0.3, 0.4) is 0 Å². The van der Waals surface area contributed by atoms with E-state index in [2.05, 4.69) is 45.7 Å². The summed E-state index contributed by atoms with van der Waals surface area (Å²) in [7, 11) is 2.17. The minimum atomic E-state index is 0.666. The molecule has 0 aromatic heterocycles. The van der Waals surface area contributed by atoms with Crippen molar-refractivity contribution < 1.29 is 0 Å². The van der Waals surface area contributed by atoms with Crippen LogP contribution in [0.4, 0.5) is 0 Å². The van der Waals surface area contributed by atoms with E-state index in [1.165, 1.54) is 18.5 Å². The smallest absolute Gasteiger partial charge is 0.00356 e. The molecule has 66 valence electrons. The first kappa shape index (κ1) is 10.7. The van der Waals surface area contributed by atoms with Crippen LogP contribution in [-0.2, 0) is 0 Å². The molecule has 0 amide bonds.